The van der Waals surface area contributed by atoms with Crippen LogP contribution in [-0.2, 0) is 4.74 Å². The second-order valence-corrected chi connectivity index (χ2v) is 6.67. The predicted octanol–water partition coefficient (Wildman–Crippen LogP) is 2.93. The van der Waals surface area contributed by atoms with E-state index in [9.17, 15) is 9.59 Å². The van der Waals surface area contributed by atoms with E-state index < -0.39 is 0 Å². The lowest BCUT2D eigenvalue weighted by Gasteiger charge is -2.25. The Morgan fingerprint density at radius 3 is 2.62 bits per heavy atom. The first-order chi connectivity index (χ1) is 11.7. The Kier molecular flexibility index (Phi) is 5.27. The van der Waals surface area contributed by atoms with Crippen molar-refractivity contribution in [1.82, 2.24) is 5.32 Å². The molecule has 2 aromatic rings. The molecular weight excluding hydrogens is 324 g/mol. The summed E-state index contributed by atoms with van der Waals surface area (Å²) in [5, 5.41) is 4.92. The number of hydrogen-bond donors (Lipinski definition) is 1. The van der Waals surface area contributed by atoms with Gasteiger partial charge in [0.25, 0.3) is 11.8 Å². The molecule has 1 aromatic heterocycles. The summed E-state index contributed by atoms with van der Waals surface area (Å²) in [6.45, 7) is 1.34. The van der Waals surface area contributed by atoms with Crippen LogP contribution in [0.3, 0.4) is 0 Å². The Morgan fingerprint density at radius 2 is 1.92 bits per heavy atom. The van der Waals surface area contributed by atoms with Crippen LogP contribution in [0.25, 0.3) is 0 Å². The lowest BCUT2D eigenvalue weighted by molar-refractivity contribution is 0.0697. The fraction of sp³-hybridized carbons (Fsp3) is 0.333. The van der Waals surface area contributed by atoms with Crippen LogP contribution in [0.1, 0.15) is 32.9 Å². The van der Waals surface area contributed by atoms with Crippen molar-refractivity contribution in [3.63, 3.8) is 0 Å². The predicted molar refractivity (Wildman–Crippen MR) is 94.8 cm³/mol. The molecule has 0 saturated carbocycles. The molecule has 0 aliphatic carbocycles. The third-order valence-electron chi connectivity index (χ3n) is 4.10. The van der Waals surface area contributed by atoms with Crippen LogP contribution in [-0.4, -0.2) is 38.1 Å². The molecule has 0 radical (unpaired) electrons. The monoisotopic (exact) mass is 344 g/mol. The number of hydrogen-bond acceptors (Lipinski definition) is 4. The van der Waals surface area contributed by atoms with Crippen LogP contribution in [0, 0.1) is 0 Å². The minimum Gasteiger partial charge on any atom is -0.381 e. The lowest BCUT2D eigenvalue weighted by Crippen LogP contribution is -2.39. The standard InChI is InChI=1S/C18H20N2O3S/c1-20(18(22)16-7-4-12-24-16)15-6-3-2-5-14(15)17(21)19-13-8-10-23-11-9-13/h2-7,12-13H,8-11H2,1H3,(H,19,21). The quantitative estimate of drug-likeness (QED) is 0.928. The molecule has 3 rings (SSSR count). The van der Waals surface area contributed by atoms with E-state index in [1.165, 1.54) is 16.2 Å². The smallest absolute Gasteiger partial charge is 0.268 e. The number of para-hydroxylation sites is 1. The van der Waals surface area contributed by atoms with Crippen molar-refractivity contribution in [3.05, 3.63) is 52.2 Å². The summed E-state index contributed by atoms with van der Waals surface area (Å²) in [5.74, 6) is -0.264. The van der Waals surface area contributed by atoms with E-state index in [2.05, 4.69) is 5.32 Å². The highest BCUT2D eigenvalue weighted by molar-refractivity contribution is 7.12. The number of benzene rings is 1. The normalized spacial score (nSPS) is 15.0. The van der Waals surface area contributed by atoms with Crippen LogP contribution in [0.4, 0.5) is 5.69 Å². The fourth-order valence-electron chi connectivity index (χ4n) is 2.74. The van der Waals surface area contributed by atoms with Gasteiger partial charge < -0.3 is 15.0 Å². The van der Waals surface area contributed by atoms with E-state index in [0.717, 1.165) is 12.8 Å². The average Bonchev–Trinajstić information content (AvgIpc) is 3.16. The maximum atomic E-state index is 12.7. The number of ether oxygens (including phenoxy) is 1. The van der Waals surface area contributed by atoms with Gasteiger partial charge in [0.05, 0.1) is 16.1 Å². The first-order valence-corrected chi connectivity index (χ1v) is 8.84. The topological polar surface area (TPSA) is 58.6 Å². The van der Waals surface area contributed by atoms with Crippen LogP contribution in [0.2, 0.25) is 0 Å². The van der Waals surface area contributed by atoms with Crippen molar-refractivity contribution in [2.45, 2.75) is 18.9 Å². The summed E-state index contributed by atoms with van der Waals surface area (Å²) in [4.78, 5) is 27.4. The molecule has 1 saturated heterocycles. The molecule has 1 aliphatic heterocycles. The first kappa shape index (κ1) is 16.7. The van der Waals surface area contributed by atoms with E-state index in [-0.39, 0.29) is 17.9 Å². The molecule has 2 amide bonds. The number of amides is 2. The van der Waals surface area contributed by atoms with Gasteiger partial charge in [-0.2, -0.15) is 0 Å². The highest BCUT2D eigenvalue weighted by Gasteiger charge is 2.22. The maximum Gasteiger partial charge on any atom is 0.268 e. The summed E-state index contributed by atoms with van der Waals surface area (Å²) in [5.41, 5.74) is 1.12. The lowest BCUT2D eigenvalue weighted by atomic mass is 10.1. The Hall–Kier alpha value is -2.18. The second-order valence-electron chi connectivity index (χ2n) is 5.72. The van der Waals surface area contributed by atoms with E-state index in [1.54, 1.807) is 25.2 Å². The van der Waals surface area contributed by atoms with Crippen molar-refractivity contribution in [3.8, 4) is 0 Å². The molecule has 1 N–H and O–H groups in total. The Bertz CT molecular complexity index is 709. The molecule has 1 aromatic carbocycles. The molecule has 0 atom stereocenters. The van der Waals surface area contributed by atoms with Gasteiger partial charge in [-0.05, 0) is 36.4 Å². The molecule has 1 fully saturated rings. The first-order valence-electron chi connectivity index (χ1n) is 7.96. The fourth-order valence-corrected chi connectivity index (χ4v) is 3.44. The zero-order valence-corrected chi connectivity index (χ0v) is 14.3. The molecule has 6 heteroatoms. The van der Waals surface area contributed by atoms with Gasteiger partial charge in [0.15, 0.2) is 0 Å². The van der Waals surface area contributed by atoms with Crippen LogP contribution in [0.5, 0.6) is 0 Å². The van der Waals surface area contributed by atoms with Crippen molar-refractivity contribution < 1.29 is 14.3 Å². The zero-order valence-electron chi connectivity index (χ0n) is 13.5. The van der Waals surface area contributed by atoms with Gasteiger partial charge in [-0.25, -0.2) is 0 Å². The minimum atomic E-state index is -0.150. The van der Waals surface area contributed by atoms with Gasteiger partial charge in [-0.15, -0.1) is 11.3 Å². The van der Waals surface area contributed by atoms with Gasteiger partial charge in [0.1, 0.15) is 0 Å². The summed E-state index contributed by atoms with van der Waals surface area (Å²) >= 11 is 1.39. The van der Waals surface area contributed by atoms with E-state index in [0.29, 0.717) is 29.3 Å². The van der Waals surface area contributed by atoms with Gasteiger partial charge in [-0.1, -0.05) is 18.2 Å². The number of nitrogens with one attached hydrogen (secondary N) is 1. The second kappa shape index (κ2) is 7.59. The van der Waals surface area contributed by atoms with Gasteiger partial charge in [0, 0.05) is 26.3 Å². The Morgan fingerprint density at radius 1 is 1.17 bits per heavy atom. The van der Waals surface area contributed by atoms with E-state index in [1.807, 2.05) is 23.6 Å². The number of carbonyl (C=O) groups is 2. The number of anilines is 1. The molecule has 0 unspecified atom stereocenters. The van der Waals surface area contributed by atoms with E-state index in [4.69, 9.17) is 4.74 Å². The molecular formula is C18H20N2O3S. The van der Waals surface area contributed by atoms with Crippen LogP contribution < -0.4 is 10.2 Å². The maximum absolute atomic E-state index is 12.7. The highest BCUT2D eigenvalue weighted by Crippen LogP contribution is 2.23. The number of thiophene rings is 1. The van der Waals surface area contributed by atoms with Crippen molar-refractivity contribution in [1.29, 1.82) is 0 Å². The number of rotatable bonds is 4. The minimum absolute atomic E-state index is 0.115. The molecule has 126 valence electrons. The Balaban J connectivity index is 1.79. The molecule has 5 nitrogen and oxygen atoms in total. The summed E-state index contributed by atoms with van der Waals surface area (Å²) in [7, 11) is 1.70. The SMILES string of the molecule is CN(C(=O)c1cccs1)c1ccccc1C(=O)NC1CCOCC1. The van der Waals surface area contributed by atoms with Gasteiger partial charge in [-0.3, -0.25) is 9.59 Å². The molecule has 1 aliphatic rings. The summed E-state index contributed by atoms with van der Waals surface area (Å²) in [6.07, 6.45) is 1.63. The third kappa shape index (κ3) is 3.66. The molecule has 0 spiro atoms. The summed E-state index contributed by atoms with van der Waals surface area (Å²) in [6, 6.07) is 10.9. The number of carbonyl (C=O) groups excluding carboxylic acids is 2. The number of nitrogens with zero attached hydrogens (tertiary/aromatic N) is 1. The van der Waals surface area contributed by atoms with Crippen LogP contribution in [0.15, 0.2) is 41.8 Å². The van der Waals surface area contributed by atoms with Gasteiger partial charge in [0.2, 0.25) is 0 Å². The van der Waals surface area contributed by atoms with E-state index >= 15 is 0 Å². The third-order valence-corrected chi connectivity index (χ3v) is 4.96. The molecule has 2 heterocycles. The van der Waals surface area contributed by atoms with Crippen molar-refractivity contribution in [2.75, 3.05) is 25.2 Å². The van der Waals surface area contributed by atoms with Crippen molar-refractivity contribution in [2.24, 2.45) is 0 Å². The van der Waals surface area contributed by atoms with Crippen molar-refractivity contribution >= 4 is 28.8 Å². The van der Waals surface area contributed by atoms with Gasteiger partial charge >= 0.3 is 0 Å². The largest absolute Gasteiger partial charge is 0.381 e. The molecule has 0 bridgehead atoms. The van der Waals surface area contributed by atoms with Crippen LogP contribution >= 0.6 is 11.3 Å². The highest BCUT2D eigenvalue weighted by atomic mass is 32.1. The Labute approximate surface area is 145 Å². The zero-order chi connectivity index (χ0) is 16.9. The summed E-state index contributed by atoms with van der Waals surface area (Å²) < 4.78 is 5.32. The molecule has 24 heavy (non-hydrogen) atoms. The average molecular weight is 344 g/mol.